The van der Waals surface area contributed by atoms with Crippen LogP contribution in [0, 0.1) is 0 Å². The van der Waals surface area contributed by atoms with Crippen molar-refractivity contribution in [3.63, 3.8) is 0 Å². The minimum Gasteiger partial charge on any atom is -0.465 e. The lowest BCUT2D eigenvalue weighted by Crippen LogP contribution is -2.49. The van der Waals surface area contributed by atoms with Crippen LogP contribution in [0.25, 0.3) is 17.4 Å². The highest BCUT2D eigenvalue weighted by Gasteiger charge is 2.24. The molecule has 4 aromatic rings. The second-order valence-corrected chi connectivity index (χ2v) is 10.4. The number of methoxy groups -OCH3 is 1. The lowest BCUT2D eigenvalue weighted by Gasteiger charge is -2.37. The Morgan fingerprint density at radius 3 is 2.26 bits per heavy atom. The number of carbonyl (C=O) groups is 3. The number of amides is 2. The molecule has 1 aromatic heterocycles. The summed E-state index contributed by atoms with van der Waals surface area (Å²) in [5.74, 6) is 0.0564. The van der Waals surface area contributed by atoms with Crippen molar-refractivity contribution in [3.05, 3.63) is 112 Å². The van der Waals surface area contributed by atoms with Crippen LogP contribution in [0.4, 0.5) is 11.4 Å². The number of halogens is 2. The summed E-state index contributed by atoms with van der Waals surface area (Å²) in [6.07, 6.45) is 2.89. The fourth-order valence-corrected chi connectivity index (χ4v) is 5.22. The van der Waals surface area contributed by atoms with Crippen molar-refractivity contribution in [1.82, 2.24) is 4.90 Å². The zero-order valence-electron chi connectivity index (χ0n) is 22.7. The summed E-state index contributed by atoms with van der Waals surface area (Å²) < 4.78 is 10.7. The van der Waals surface area contributed by atoms with Crippen LogP contribution in [-0.2, 0) is 9.53 Å². The van der Waals surface area contributed by atoms with Gasteiger partial charge in [-0.1, -0.05) is 41.4 Å². The first-order chi connectivity index (χ1) is 20.3. The van der Waals surface area contributed by atoms with Crippen LogP contribution in [0.3, 0.4) is 0 Å². The van der Waals surface area contributed by atoms with Gasteiger partial charge in [0.15, 0.2) is 0 Å². The number of piperazine rings is 1. The maximum absolute atomic E-state index is 13.0. The van der Waals surface area contributed by atoms with Crippen molar-refractivity contribution in [2.45, 2.75) is 0 Å². The van der Waals surface area contributed by atoms with E-state index in [4.69, 9.17) is 32.4 Å². The third kappa shape index (κ3) is 6.84. The van der Waals surface area contributed by atoms with Gasteiger partial charge >= 0.3 is 5.97 Å². The summed E-state index contributed by atoms with van der Waals surface area (Å²) in [5, 5.41) is 3.85. The molecule has 1 saturated heterocycles. The minimum atomic E-state index is -0.518. The monoisotopic (exact) mass is 603 g/mol. The Labute approximate surface area is 253 Å². The number of hydrogen-bond acceptors (Lipinski definition) is 6. The highest BCUT2D eigenvalue weighted by atomic mass is 35.5. The maximum Gasteiger partial charge on any atom is 0.337 e. The predicted octanol–water partition coefficient (Wildman–Crippen LogP) is 6.65. The Balaban J connectivity index is 1.30. The van der Waals surface area contributed by atoms with Crippen LogP contribution in [0.15, 0.2) is 89.4 Å². The third-order valence-corrected chi connectivity index (χ3v) is 7.21. The molecule has 0 saturated carbocycles. The van der Waals surface area contributed by atoms with Gasteiger partial charge in [-0.05, 0) is 66.7 Å². The summed E-state index contributed by atoms with van der Waals surface area (Å²) in [6.45, 7) is 2.13. The summed E-state index contributed by atoms with van der Waals surface area (Å²) in [7, 11) is 1.30. The van der Waals surface area contributed by atoms with E-state index in [9.17, 15) is 14.4 Å². The lowest BCUT2D eigenvalue weighted by atomic mass is 10.1. The van der Waals surface area contributed by atoms with E-state index in [-0.39, 0.29) is 5.91 Å². The largest absolute Gasteiger partial charge is 0.465 e. The molecule has 0 spiro atoms. The second kappa shape index (κ2) is 13.0. The first-order valence-corrected chi connectivity index (χ1v) is 13.9. The molecule has 1 N–H and O–H groups in total. The number of hydrogen-bond donors (Lipinski definition) is 1. The number of esters is 1. The Hall–Kier alpha value is -4.53. The van der Waals surface area contributed by atoms with Crippen LogP contribution in [0.2, 0.25) is 10.0 Å². The predicted molar refractivity (Wildman–Crippen MR) is 164 cm³/mol. The Morgan fingerprint density at radius 1 is 0.857 bits per heavy atom. The molecular formula is C32H27Cl2N3O5. The van der Waals surface area contributed by atoms with Crippen molar-refractivity contribution in [2.75, 3.05) is 43.5 Å². The molecule has 1 aliphatic heterocycles. The smallest absolute Gasteiger partial charge is 0.337 e. The standard InChI is InChI=1S/C32H27Cl2N3O5/c1-41-32(40)22-7-10-28(36-13-15-37(16-14-36)31(39)21-5-3-2-4-6-21)27(19-22)35-30(38)12-9-26-8-11-29(42-26)23-17-24(33)20-25(34)18-23/h2-12,17-20H,13-16H2,1H3,(H,35,38)/b12-9+. The molecule has 42 heavy (non-hydrogen) atoms. The molecular weight excluding hydrogens is 577 g/mol. The van der Waals surface area contributed by atoms with E-state index in [0.29, 0.717) is 70.1 Å². The third-order valence-electron chi connectivity index (χ3n) is 6.78. The molecule has 2 amide bonds. The summed E-state index contributed by atoms with van der Waals surface area (Å²) in [6, 6.07) is 22.8. The number of rotatable bonds is 7. The van der Waals surface area contributed by atoms with Gasteiger partial charge in [0.25, 0.3) is 5.91 Å². The van der Waals surface area contributed by atoms with Gasteiger partial charge in [-0.2, -0.15) is 0 Å². The van der Waals surface area contributed by atoms with E-state index >= 15 is 0 Å². The van der Waals surface area contributed by atoms with E-state index in [1.165, 1.54) is 13.2 Å². The van der Waals surface area contributed by atoms with Gasteiger partial charge in [0.1, 0.15) is 11.5 Å². The molecule has 1 fully saturated rings. The Kier molecular flexibility index (Phi) is 8.95. The Morgan fingerprint density at radius 2 is 1.57 bits per heavy atom. The number of nitrogens with one attached hydrogen (secondary N) is 1. The minimum absolute atomic E-state index is 0.0190. The molecule has 5 rings (SSSR count). The summed E-state index contributed by atoms with van der Waals surface area (Å²) >= 11 is 12.2. The molecule has 0 aliphatic carbocycles. The van der Waals surface area contributed by atoms with E-state index in [1.807, 2.05) is 23.1 Å². The van der Waals surface area contributed by atoms with Crippen LogP contribution < -0.4 is 10.2 Å². The number of carbonyl (C=O) groups excluding carboxylic acids is 3. The molecule has 2 heterocycles. The topological polar surface area (TPSA) is 92.1 Å². The second-order valence-electron chi connectivity index (χ2n) is 9.55. The number of benzene rings is 3. The van der Waals surface area contributed by atoms with Gasteiger partial charge in [-0.3, -0.25) is 9.59 Å². The fraction of sp³-hybridized carbons (Fsp3) is 0.156. The van der Waals surface area contributed by atoms with E-state index in [0.717, 1.165) is 5.69 Å². The van der Waals surface area contributed by atoms with Crippen LogP contribution in [-0.4, -0.2) is 56.0 Å². The van der Waals surface area contributed by atoms with Gasteiger partial charge in [0.05, 0.1) is 24.0 Å². The van der Waals surface area contributed by atoms with E-state index < -0.39 is 11.9 Å². The Bertz CT molecular complexity index is 1620. The molecule has 1 aliphatic rings. The lowest BCUT2D eigenvalue weighted by molar-refractivity contribution is -0.111. The molecule has 10 heteroatoms. The van der Waals surface area contributed by atoms with Gasteiger partial charge in [-0.25, -0.2) is 4.79 Å². The molecule has 8 nitrogen and oxygen atoms in total. The van der Waals surface area contributed by atoms with Crippen LogP contribution in [0.5, 0.6) is 0 Å². The highest BCUT2D eigenvalue weighted by molar-refractivity contribution is 6.35. The number of ether oxygens (including phenoxy) is 1. The normalized spacial score (nSPS) is 13.3. The number of anilines is 2. The van der Waals surface area contributed by atoms with Gasteiger partial charge in [0, 0.05) is 53.4 Å². The molecule has 214 valence electrons. The number of furan rings is 1. The van der Waals surface area contributed by atoms with Gasteiger partial charge in [0.2, 0.25) is 5.91 Å². The van der Waals surface area contributed by atoms with Crippen molar-refractivity contribution in [2.24, 2.45) is 0 Å². The zero-order valence-corrected chi connectivity index (χ0v) is 24.2. The van der Waals surface area contributed by atoms with Crippen LogP contribution >= 0.6 is 23.2 Å². The first kappa shape index (κ1) is 29.0. The van der Waals surface area contributed by atoms with Gasteiger partial charge < -0.3 is 24.3 Å². The average molecular weight is 604 g/mol. The van der Waals surface area contributed by atoms with Crippen molar-refractivity contribution in [1.29, 1.82) is 0 Å². The molecule has 0 radical (unpaired) electrons. The quantitative estimate of drug-likeness (QED) is 0.188. The molecule has 0 bridgehead atoms. The van der Waals surface area contributed by atoms with Crippen molar-refractivity contribution < 1.29 is 23.5 Å². The van der Waals surface area contributed by atoms with Gasteiger partial charge in [-0.15, -0.1) is 0 Å². The zero-order chi connectivity index (χ0) is 29.6. The number of nitrogens with zero attached hydrogens (tertiary/aromatic N) is 2. The SMILES string of the molecule is COC(=O)c1ccc(N2CCN(C(=O)c3ccccc3)CC2)c(NC(=O)/C=C/c2ccc(-c3cc(Cl)cc(Cl)c3)o2)c1. The average Bonchev–Trinajstić information content (AvgIpc) is 3.49. The van der Waals surface area contributed by atoms with E-state index in [1.54, 1.807) is 66.7 Å². The summed E-state index contributed by atoms with van der Waals surface area (Å²) in [4.78, 5) is 42.0. The highest BCUT2D eigenvalue weighted by Crippen LogP contribution is 2.30. The van der Waals surface area contributed by atoms with Crippen LogP contribution in [0.1, 0.15) is 26.5 Å². The maximum atomic E-state index is 13.0. The van der Waals surface area contributed by atoms with E-state index in [2.05, 4.69) is 10.2 Å². The molecule has 0 atom stereocenters. The summed E-state index contributed by atoms with van der Waals surface area (Å²) in [5.41, 5.74) is 2.84. The molecule has 3 aromatic carbocycles. The van der Waals surface area contributed by atoms with Crippen molar-refractivity contribution in [3.8, 4) is 11.3 Å². The molecule has 0 unspecified atom stereocenters. The van der Waals surface area contributed by atoms with Crippen molar-refractivity contribution >= 4 is 58.4 Å². The fourth-order valence-electron chi connectivity index (χ4n) is 4.70. The first-order valence-electron chi connectivity index (χ1n) is 13.2.